The number of hydrogen-bond donors (Lipinski definition) is 1. The van der Waals surface area contributed by atoms with Crippen LogP contribution in [0.25, 0.3) is 10.1 Å². The van der Waals surface area contributed by atoms with Gasteiger partial charge in [-0.25, -0.2) is 0 Å². The van der Waals surface area contributed by atoms with Gasteiger partial charge in [0.15, 0.2) is 0 Å². The lowest BCUT2D eigenvalue weighted by molar-refractivity contribution is -0.137. The molecule has 2 aromatic rings. The molecular weight excluding hydrogens is 220 g/mol. The van der Waals surface area contributed by atoms with Gasteiger partial charge in [0.1, 0.15) is 0 Å². The molecule has 16 heavy (non-hydrogen) atoms. The van der Waals surface area contributed by atoms with Crippen LogP contribution >= 0.6 is 11.3 Å². The average molecular weight is 234 g/mol. The quantitative estimate of drug-likeness (QED) is 0.877. The van der Waals surface area contributed by atoms with Crippen molar-refractivity contribution in [2.75, 3.05) is 0 Å². The minimum atomic E-state index is -0.734. The van der Waals surface area contributed by atoms with Gasteiger partial charge in [0, 0.05) is 9.58 Å². The minimum absolute atomic E-state index is 0.0775. The fourth-order valence-electron chi connectivity index (χ4n) is 2.16. The lowest BCUT2D eigenvalue weighted by atomic mass is 9.95. The van der Waals surface area contributed by atoms with Gasteiger partial charge in [-0.2, -0.15) is 0 Å². The van der Waals surface area contributed by atoms with Crippen molar-refractivity contribution in [1.82, 2.24) is 0 Å². The van der Waals surface area contributed by atoms with Crippen molar-refractivity contribution in [2.24, 2.45) is 0 Å². The van der Waals surface area contributed by atoms with E-state index in [9.17, 15) is 4.79 Å². The van der Waals surface area contributed by atoms with Crippen LogP contribution in [0.2, 0.25) is 0 Å². The largest absolute Gasteiger partial charge is 0.481 e. The molecule has 0 fully saturated rings. The molecule has 1 atom stereocenters. The first-order valence-corrected chi connectivity index (χ1v) is 6.11. The summed E-state index contributed by atoms with van der Waals surface area (Å²) in [7, 11) is 0. The zero-order valence-corrected chi connectivity index (χ0v) is 10.2. The van der Waals surface area contributed by atoms with Gasteiger partial charge in [-0.15, -0.1) is 11.3 Å². The molecule has 0 aliphatic carbocycles. The summed E-state index contributed by atoms with van der Waals surface area (Å²) in [5.41, 5.74) is 1.20. The second kappa shape index (κ2) is 4.26. The number of carboxylic acids is 1. The molecule has 1 aromatic carbocycles. The molecule has 1 unspecified atom stereocenters. The average Bonchev–Trinajstić information content (AvgIpc) is 2.52. The maximum atomic E-state index is 10.8. The molecule has 2 rings (SSSR count). The van der Waals surface area contributed by atoms with Crippen LogP contribution in [0.15, 0.2) is 24.3 Å². The van der Waals surface area contributed by atoms with E-state index in [2.05, 4.69) is 19.1 Å². The topological polar surface area (TPSA) is 37.3 Å². The maximum absolute atomic E-state index is 10.8. The van der Waals surface area contributed by atoms with Crippen LogP contribution in [0.1, 0.15) is 29.7 Å². The fourth-order valence-corrected chi connectivity index (χ4v) is 3.35. The Morgan fingerprint density at radius 1 is 1.44 bits per heavy atom. The second-order valence-corrected chi connectivity index (χ2v) is 5.32. The SMILES string of the molecule is Cc1sc2ccccc2c1C(C)CC(=O)O. The van der Waals surface area contributed by atoms with Crippen molar-refractivity contribution in [1.29, 1.82) is 0 Å². The summed E-state index contributed by atoms with van der Waals surface area (Å²) in [6, 6.07) is 8.19. The summed E-state index contributed by atoms with van der Waals surface area (Å²) >= 11 is 1.74. The second-order valence-electron chi connectivity index (χ2n) is 4.07. The van der Waals surface area contributed by atoms with Gasteiger partial charge in [0.25, 0.3) is 0 Å². The van der Waals surface area contributed by atoms with Gasteiger partial charge in [0.2, 0.25) is 0 Å². The summed E-state index contributed by atoms with van der Waals surface area (Å²) in [5.74, 6) is -0.657. The molecule has 0 saturated carbocycles. The third-order valence-corrected chi connectivity index (χ3v) is 3.90. The molecule has 1 aromatic heterocycles. The molecule has 0 bridgehead atoms. The van der Waals surface area contributed by atoms with Crippen LogP contribution in [0, 0.1) is 6.92 Å². The van der Waals surface area contributed by atoms with Gasteiger partial charge >= 0.3 is 5.97 Å². The van der Waals surface area contributed by atoms with E-state index in [-0.39, 0.29) is 12.3 Å². The van der Waals surface area contributed by atoms with Gasteiger partial charge in [-0.1, -0.05) is 25.1 Å². The number of benzene rings is 1. The molecular formula is C13H14O2S. The highest BCUT2D eigenvalue weighted by molar-refractivity contribution is 7.19. The molecule has 0 amide bonds. The highest BCUT2D eigenvalue weighted by Gasteiger charge is 2.17. The van der Waals surface area contributed by atoms with E-state index >= 15 is 0 Å². The third-order valence-electron chi connectivity index (χ3n) is 2.79. The van der Waals surface area contributed by atoms with Crippen molar-refractivity contribution in [3.63, 3.8) is 0 Å². The lowest BCUT2D eigenvalue weighted by Gasteiger charge is -2.09. The van der Waals surface area contributed by atoms with Gasteiger partial charge in [-0.05, 0) is 29.9 Å². The van der Waals surface area contributed by atoms with Crippen molar-refractivity contribution >= 4 is 27.4 Å². The first-order valence-electron chi connectivity index (χ1n) is 5.29. The lowest BCUT2D eigenvalue weighted by Crippen LogP contribution is -2.03. The number of carboxylic acid groups (broad SMARTS) is 1. The predicted molar refractivity (Wildman–Crippen MR) is 67.2 cm³/mol. The molecule has 84 valence electrons. The number of aryl methyl sites for hydroxylation is 1. The van der Waals surface area contributed by atoms with Crippen LogP contribution in [0.3, 0.4) is 0 Å². The van der Waals surface area contributed by atoms with E-state index in [1.54, 1.807) is 11.3 Å². The molecule has 0 spiro atoms. The zero-order chi connectivity index (χ0) is 11.7. The summed E-state index contributed by atoms with van der Waals surface area (Å²) in [4.78, 5) is 12.0. The molecule has 0 saturated heterocycles. The Labute approximate surface area is 98.5 Å². The molecule has 3 heteroatoms. The number of aliphatic carboxylic acids is 1. The monoisotopic (exact) mass is 234 g/mol. The summed E-state index contributed by atoms with van der Waals surface area (Å²) < 4.78 is 1.24. The van der Waals surface area contributed by atoms with Crippen molar-refractivity contribution in [2.45, 2.75) is 26.2 Å². The Hall–Kier alpha value is -1.35. The van der Waals surface area contributed by atoms with E-state index in [1.807, 2.05) is 19.1 Å². The normalized spacial score (nSPS) is 12.9. The van der Waals surface area contributed by atoms with Crippen LogP contribution in [-0.4, -0.2) is 11.1 Å². The van der Waals surface area contributed by atoms with E-state index in [0.29, 0.717) is 0 Å². The van der Waals surface area contributed by atoms with Crippen molar-refractivity contribution in [3.05, 3.63) is 34.7 Å². The predicted octanol–water partition coefficient (Wildman–Crippen LogP) is 3.79. The minimum Gasteiger partial charge on any atom is -0.481 e. The Morgan fingerprint density at radius 2 is 2.12 bits per heavy atom. The number of rotatable bonds is 3. The molecule has 0 aliphatic heterocycles. The first kappa shape index (κ1) is 11.1. The van der Waals surface area contributed by atoms with Crippen molar-refractivity contribution < 1.29 is 9.90 Å². The molecule has 1 heterocycles. The van der Waals surface area contributed by atoms with Gasteiger partial charge in [-0.3, -0.25) is 4.79 Å². The Bertz CT molecular complexity index is 528. The Kier molecular flexibility index (Phi) is 2.97. The summed E-state index contributed by atoms with van der Waals surface area (Å²) in [6.07, 6.45) is 0.196. The van der Waals surface area contributed by atoms with E-state index in [1.165, 1.54) is 20.5 Å². The highest BCUT2D eigenvalue weighted by Crippen LogP contribution is 2.36. The molecule has 0 aliphatic rings. The van der Waals surface area contributed by atoms with E-state index in [4.69, 9.17) is 5.11 Å². The van der Waals surface area contributed by atoms with Gasteiger partial charge in [0.05, 0.1) is 6.42 Å². The number of carbonyl (C=O) groups is 1. The summed E-state index contributed by atoms with van der Waals surface area (Å²) in [5, 5.41) is 10.1. The van der Waals surface area contributed by atoms with E-state index < -0.39 is 5.97 Å². The van der Waals surface area contributed by atoms with Crippen LogP contribution in [0.4, 0.5) is 0 Å². The Morgan fingerprint density at radius 3 is 2.81 bits per heavy atom. The smallest absolute Gasteiger partial charge is 0.303 e. The molecule has 2 nitrogen and oxygen atoms in total. The molecule has 0 radical (unpaired) electrons. The fraction of sp³-hybridized carbons (Fsp3) is 0.308. The van der Waals surface area contributed by atoms with E-state index in [0.717, 1.165) is 0 Å². The summed E-state index contributed by atoms with van der Waals surface area (Å²) in [6.45, 7) is 4.05. The zero-order valence-electron chi connectivity index (χ0n) is 9.36. The number of thiophene rings is 1. The van der Waals surface area contributed by atoms with Crippen LogP contribution in [0.5, 0.6) is 0 Å². The van der Waals surface area contributed by atoms with Crippen molar-refractivity contribution in [3.8, 4) is 0 Å². The standard InChI is InChI=1S/C13H14O2S/c1-8(7-12(14)15)13-9(2)16-11-6-4-3-5-10(11)13/h3-6,8H,7H2,1-2H3,(H,14,15). The highest BCUT2D eigenvalue weighted by atomic mass is 32.1. The van der Waals surface area contributed by atoms with Crippen LogP contribution in [-0.2, 0) is 4.79 Å². The van der Waals surface area contributed by atoms with Gasteiger partial charge < -0.3 is 5.11 Å². The number of hydrogen-bond acceptors (Lipinski definition) is 2. The third kappa shape index (κ3) is 1.95. The molecule has 1 N–H and O–H groups in total. The van der Waals surface area contributed by atoms with Crippen LogP contribution < -0.4 is 0 Å². The number of fused-ring (bicyclic) bond motifs is 1. The Balaban J connectivity index is 2.50. The first-order chi connectivity index (χ1) is 7.59. The maximum Gasteiger partial charge on any atom is 0.303 e.